The summed E-state index contributed by atoms with van der Waals surface area (Å²) in [6.45, 7) is 2.30. The molecular weight excluding hydrogens is 264 g/mol. The van der Waals surface area contributed by atoms with Crippen molar-refractivity contribution in [3.8, 4) is 12.3 Å². The molecule has 0 aromatic rings. The van der Waals surface area contributed by atoms with E-state index in [1.807, 2.05) is 0 Å². The third-order valence-corrected chi connectivity index (χ3v) is 5.55. The Bertz CT molecular complexity index is 272. The van der Waals surface area contributed by atoms with Crippen LogP contribution in [0, 0.1) is 24.2 Å². The lowest BCUT2D eigenvalue weighted by molar-refractivity contribution is 0.415. The molecule has 0 amide bonds. The highest BCUT2D eigenvalue weighted by molar-refractivity contribution is 4.82. The van der Waals surface area contributed by atoms with E-state index in [-0.39, 0.29) is 0 Å². The third kappa shape index (κ3) is 10.3. The van der Waals surface area contributed by atoms with Gasteiger partial charge in [-0.15, -0.1) is 12.3 Å². The maximum atomic E-state index is 5.28. The molecular formula is C22H40. The van der Waals surface area contributed by atoms with E-state index in [0.29, 0.717) is 0 Å². The van der Waals surface area contributed by atoms with Crippen LogP contribution in [0.4, 0.5) is 0 Å². The summed E-state index contributed by atoms with van der Waals surface area (Å²) in [7, 11) is 0. The topological polar surface area (TPSA) is 0 Å². The summed E-state index contributed by atoms with van der Waals surface area (Å²) < 4.78 is 0. The van der Waals surface area contributed by atoms with Crippen LogP contribution >= 0.6 is 0 Å². The summed E-state index contributed by atoms with van der Waals surface area (Å²) in [6, 6.07) is 0. The van der Waals surface area contributed by atoms with Gasteiger partial charge in [-0.2, -0.15) is 0 Å². The minimum absolute atomic E-state index is 0.975. The first kappa shape index (κ1) is 19.6. The van der Waals surface area contributed by atoms with Gasteiger partial charge in [-0.25, -0.2) is 0 Å². The van der Waals surface area contributed by atoms with Gasteiger partial charge in [-0.3, -0.25) is 0 Å². The van der Waals surface area contributed by atoms with Crippen LogP contribution in [0.1, 0.15) is 116 Å². The Labute approximate surface area is 140 Å². The van der Waals surface area contributed by atoms with Crippen molar-refractivity contribution in [1.82, 2.24) is 0 Å². The fraction of sp³-hybridized carbons (Fsp3) is 0.909. The van der Waals surface area contributed by atoms with Crippen molar-refractivity contribution in [3.05, 3.63) is 0 Å². The molecule has 22 heavy (non-hydrogen) atoms. The van der Waals surface area contributed by atoms with Crippen molar-refractivity contribution in [1.29, 1.82) is 0 Å². The van der Waals surface area contributed by atoms with Gasteiger partial charge in [0, 0.05) is 6.42 Å². The second kappa shape index (κ2) is 14.2. The van der Waals surface area contributed by atoms with Crippen molar-refractivity contribution in [2.75, 3.05) is 0 Å². The summed E-state index contributed by atoms with van der Waals surface area (Å²) in [5.74, 6) is 4.88. The molecule has 0 radical (unpaired) electrons. The quantitative estimate of drug-likeness (QED) is 0.230. The van der Waals surface area contributed by atoms with Gasteiger partial charge in [0.15, 0.2) is 0 Å². The van der Waals surface area contributed by atoms with Crippen molar-refractivity contribution in [3.63, 3.8) is 0 Å². The molecule has 0 nitrogen and oxygen atoms in total. The van der Waals surface area contributed by atoms with E-state index in [0.717, 1.165) is 18.3 Å². The molecule has 0 heteroatoms. The molecule has 2 unspecified atom stereocenters. The zero-order chi connectivity index (χ0) is 15.9. The number of hydrogen-bond acceptors (Lipinski definition) is 0. The van der Waals surface area contributed by atoms with E-state index in [4.69, 9.17) is 6.42 Å². The van der Waals surface area contributed by atoms with Crippen LogP contribution < -0.4 is 0 Å². The SMILES string of the molecule is C#CCCCCCCCC1CCC(CCCCCCCC)C1. The van der Waals surface area contributed by atoms with Crippen LogP contribution in [0.25, 0.3) is 0 Å². The van der Waals surface area contributed by atoms with Gasteiger partial charge in [0.1, 0.15) is 0 Å². The average Bonchev–Trinajstić information content (AvgIpc) is 2.98. The lowest BCUT2D eigenvalue weighted by Crippen LogP contribution is -1.97. The highest BCUT2D eigenvalue weighted by Gasteiger charge is 2.23. The molecule has 0 N–H and O–H groups in total. The summed E-state index contributed by atoms with van der Waals surface area (Å²) in [5, 5.41) is 0. The Morgan fingerprint density at radius 3 is 1.77 bits per heavy atom. The Balaban J connectivity index is 1.87. The Morgan fingerprint density at radius 1 is 0.727 bits per heavy atom. The monoisotopic (exact) mass is 304 g/mol. The van der Waals surface area contributed by atoms with Gasteiger partial charge in [0.05, 0.1) is 0 Å². The first-order valence-corrected chi connectivity index (χ1v) is 10.3. The zero-order valence-electron chi connectivity index (χ0n) is 15.3. The Kier molecular flexibility index (Phi) is 12.6. The molecule has 0 bridgehead atoms. The normalized spacial score (nSPS) is 21.1. The van der Waals surface area contributed by atoms with Gasteiger partial charge >= 0.3 is 0 Å². The van der Waals surface area contributed by atoms with Gasteiger partial charge in [0.25, 0.3) is 0 Å². The molecule has 1 aliphatic carbocycles. The highest BCUT2D eigenvalue weighted by atomic mass is 14.3. The van der Waals surface area contributed by atoms with Crippen LogP contribution in [0.2, 0.25) is 0 Å². The van der Waals surface area contributed by atoms with Crippen LogP contribution in [0.5, 0.6) is 0 Å². The fourth-order valence-corrected chi connectivity index (χ4v) is 4.11. The van der Waals surface area contributed by atoms with E-state index in [2.05, 4.69) is 12.8 Å². The molecule has 0 saturated heterocycles. The molecule has 2 atom stereocenters. The molecule has 0 heterocycles. The van der Waals surface area contributed by atoms with Crippen LogP contribution in [0.15, 0.2) is 0 Å². The second-order valence-electron chi connectivity index (χ2n) is 7.61. The van der Waals surface area contributed by atoms with Crippen LogP contribution in [-0.4, -0.2) is 0 Å². The van der Waals surface area contributed by atoms with Crippen molar-refractivity contribution < 1.29 is 0 Å². The first-order chi connectivity index (χ1) is 10.9. The predicted octanol–water partition coefficient (Wildman–Crippen LogP) is 7.52. The maximum absolute atomic E-state index is 5.28. The smallest absolute Gasteiger partial charge is 0.00860 e. The zero-order valence-corrected chi connectivity index (χ0v) is 15.3. The molecule has 1 saturated carbocycles. The standard InChI is InChI=1S/C22H40/c1-3-5-7-9-11-13-15-17-22-19-18-21(20-22)16-14-12-10-8-6-4-2/h1,21-22H,4-20H2,2H3. The number of rotatable bonds is 14. The minimum Gasteiger partial charge on any atom is -0.120 e. The molecule has 1 rings (SSSR count). The van der Waals surface area contributed by atoms with E-state index in [1.54, 1.807) is 6.42 Å². The van der Waals surface area contributed by atoms with Crippen molar-refractivity contribution in [2.24, 2.45) is 11.8 Å². The molecule has 128 valence electrons. The summed E-state index contributed by atoms with van der Waals surface area (Å²) in [5.41, 5.74) is 0. The fourth-order valence-electron chi connectivity index (χ4n) is 4.11. The molecule has 0 aromatic carbocycles. The summed E-state index contributed by atoms with van der Waals surface area (Å²) in [6.07, 6.45) is 29.5. The predicted molar refractivity (Wildman–Crippen MR) is 100.0 cm³/mol. The molecule has 1 aliphatic rings. The van der Waals surface area contributed by atoms with E-state index < -0.39 is 0 Å². The van der Waals surface area contributed by atoms with E-state index >= 15 is 0 Å². The lowest BCUT2D eigenvalue weighted by atomic mass is 9.95. The Morgan fingerprint density at radius 2 is 1.23 bits per heavy atom. The van der Waals surface area contributed by atoms with Crippen LogP contribution in [0.3, 0.4) is 0 Å². The molecule has 0 aliphatic heterocycles. The molecule has 0 spiro atoms. The van der Waals surface area contributed by atoms with E-state index in [1.165, 1.54) is 96.3 Å². The summed E-state index contributed by atoms with van der Waals surface area (Å²) in [4.78, 5) is 0. The molecule has 1 fully saturated rings. The minimum atomic E-state index is 0.975. The highest BCUT2D eigenvalue weighted by Crippen LogP contribution is 2.37. The van der Waals surface area contributed by atoms with Gasteiger partial charge in [0.2, 0.25) is 0 Å². The van der Waals surface area contributed by atoms with Gasteiger partial charge < -0.3 is 0 Å². The van der Waals surface area contributed by atoms with Crippen LogP contribution in [-0.2, 0) is 0 Å². The van der Waals surface area contributed by atoms with E-state index in [9.17, 15) is 0 Å². The first-order valence-electron chi connectivity index (χ1n) is 10.3. The van der Waals surface area contributed by atoms with Gasteiger partial charge in [-0.05, 0) is 24.7 Å². The van der Waals surface area contributed by atoms with Crippen molar-refractivity contribution in [2.45, 2.75) is 116 Å². The molecule has 0 aromatic heterocycles. The largest absolute Gasteiger partial charge is 0.120 e. The number of terminal acetylenes is 1. The Hall–Kier alpha value is -0.440. The van der Waals surface area contributed by atoms with Crippen molar-refractivity contribution >= 4 is 0 Å². The lowest BCUT2D eigenvalue weighted by Gasteiger charge is -2.11. The number of unbranched alkanes of at least 4 members (excludes halogenated alkanes) is 10. The van der Waals surface area contributed by atoms with Gasteiger partial charge in [-0.1, -0.05) is 96.8 Å². The average molecular weight is 305 g/mol. The summed E-state index contributed by atoms with van der Waals surface area (Å²) >= 11 is 0. The third-order valence-electron chi connectivity index (χ3n) is 5.55. The maximum Gasteiger partial charge on any atom is 0.00860 e. The second-order valence-corrected chi connectivity index (χ2v) is 7.61. The number of hydrogen-bond donors (Lipinski definition) is 0.